The smallest absolute Gasteiger partial charge is 0.238 e. The molecule has 0 radical (unpaired) electrons. The number of amides is 1. The van der Waals surface area contributed by atoms with Gasteiger partial charge in [0, 0.05) is 22.2 Å². The number of morpholine rings is 1. The summed E-state index contributed by atoms with van der Waals surface area (Å²) in [5, 5.41) is 2.97. The molecule has 3 atom stereocenters. The lowest BCUT2D eigenvalue weighted by Crippen LogP contribution is -2.53. The van der Waals surface area contributed by atoms with Gasteiger partial charge in [0.15, 0.2) is 0 Å². The van der Waals surface area contributed by atoms with E-state index in [4.69, 9.17) is 4.74 Å². The third-order valence-electron chi connectivity index (χ3n) is 4.63. The number of hydrogen-bond donors (Lipinski definition) is 1. The minimum absolute atomic E-state index is 0.00488. The molecular weight excluding hydrogens is 380 g/mol. The fourth-order valence-corrected chi connectivity index (χ4v) is 3.53. The molecule has 5 heteroatoms. The van der Waals surface area contributed by atoms with Crippen LogP contribution in [0.4, 0.5) is 5.69 Å². The Morgan fingerprint density at radius 3 is 2.52 bits per heavy atom. The van der Waals surface area contributed by atoms with E-state index in [2.05, 4.69) is 52.1 Å². The van der Waals surface area contributed by atoms with Crippen LogP contribution in [0.3, 0.4) is 0 Å². The van der Waals surface area contributed by atoms with Gasteiger partial charge in [0.05, 0.1) is 19.3 Å². The van der Waals surface area contributed by atoms with E-state index in [1.54, 1.807) is 0 Å². The maximum Gasteiger partial charge on any atom is 0.238 e. The summed E-state index contributed by atoms with van der Waals surface area (Å²) in [6.07, 6.45) is -0.0159. The average Bonchev–Trinajstić information content (AvgIpc) is 2.61. The highest BCUT2D eigenvalue weighted by atomic mass is 79.9. The second kappa shape index (κ2) is 8.13. The van der Waals surface area contributed by atoms with Crippen molar-refractivity contribution in [3.63, 3.8) is 0 Å². The number of ether oxygens (including phenoxy) is 1. The van der Waals surface area contributed by atoms with Gasteiger partial charge in [0.25, 0.3) is 0 Å². The molecule has 1 aliphatic rings. The van der Waals surface area contributed by atoms with Crippen LogP contribution < -0.4 is 5.32 Å². The topological polar surface area (TPSA) is 41.6 Å². The third kappa shape index (κ3) is 4.48. The van der Waals surface area contributed by atoms with E-state index >= 15 is 0 Å². The van der Waals surface area contributed by atoms with Crippen molar-refractivity contribution in [2.45, 2.75) is 32.0 Å². The lowest BCUT2D eigenvalue weighted by atomic mass is 9.98. The second-order valence-electron chi connectivity index (χ2n) is 6.48. The summed E-state index contributed by atoms with van der Waals surface area (Å²) in [4.78, 5) is 14.7. The molecule has 25 heavy (non-hydrogen) atoms. The zero-order valence-electron chi connectivity index (χ0n) is 14.5. The molecule has 1 heterocycles. The highest BCUT2D eigenvalue weighted by Crippen LogP contribution is 2.30. The highest BCUT2D eigenvalue weighted by molar-refractivity contribution is 9.10. The fraction of sp³-hybridized carbons (Fsp3) is 0.350. The van der Waals surface area contributed by atoms with Crippen molar-refractivity contribution in [2.24, 2.45) is 0 Å². The first kappa shape index (κ1) is 18.1. The molecule has 0 bridgehead atoms. The second-order valence-corrected chi connectivity index (χ2v) is 7.40. The van der Waals surface area contributed by atoms with E-state index in [9.17, 15) is 4.79 Å². The van der Waals surface area contributed by atoms with Gasteiger partial charge in [0.1, 0.15) is 0 Å². The molecule has 3 unspecified atom stereocenters. The van der Waals surface area contributed by atoms with Gasteiger partial charge in [0.2, 0.25) is 5.91 Å². The minimum atomic E-state index is -0.0159. The molecule has 1 aliphatic heterocycles. The van der Waals surface area contributed by atoms with Gasteiger partial charge >= 0.3 is 0 Å². The molecule has 1 N–H and O–H groups in total. The summed E-state index contributed by atoms with van der Waals surface area (Å²) >= 11 is 3.40. The van der Waals surface area contributed by atoms with Crippen molar-refractivity contribution >= 4 is 27.5 Å². The maximum atomic E-state index is 12.5. The number of carbonyl (C=O) groups is 1. The van der Waals surface area contributed by atoms with Gasteiger partial charge in [-0.05, 0) is 43.7 Å². The van der Waals surface area contributed by atoms with Gasteiger partial charge in [-0.3, -0.25) is 9.69 Å². The van der Waals surface area contributed by atoms with Crippen LogP contribution in [0.5, 0.6) is 0 Å². The Kier molecular flexibility index (Phi) is 5.89. The minimum Gasteiger partial charge on any atom is -0.370 e. The fourth-order valence-electron chi connectivity index (χ4n) is 3.27. The lowest BCUT2D eigenvalue weighted by Gasteiger charge is -2.43. The summed E-state index contributed by atoms with van der Waals surface area (Å²) in [7, 11) is 0. The number of rotatable bonds is 4. The molecule has 0 spiro atoms. The summed E-state index contributed by atoms with van der Waals surface area (Å²) in [5.41, 5.74) is 1.96. The predicted molar refractivity (Wildman–Crippen MR) is 104 cm³/mol. The lowest BCUT2D eigenvalue weighted by molar-refractivity contribution is -0.127. The first-order chi connectivity index (χ1) is 12.0. The Hall–Kier alpha value is -1.69. The van der Waals surface area contributed by atoms with Crippen LogP contribution in [0, 0.1) is 0 Å². The van der Waals surface area contributed by atoms with Crippen LogP contribution >= 0.6 is 15.9 Å². The Morgan fingerprint density at radius 1 is 1.16 bits per heavy atom. The zero-order chi connectivity index (χ0) is 17.8. The molecule has 0 aliphatic carbocycles. The molecule has 1 fully saturated rings. The monoisotopic (exact) mass is 402 g/mol. The van der Waals surface area contributed by atoms with Crippen molar-refractivity contribution < 1.29 is 9.53 Å². The van der Waals surface area contributed by atoms with Crippen LogP contribution in [0.25, 0.3) is 0 Å². The molecule has 2 aromatic rings. The molecular formula is C20H23BrN2O2. The van der Waals surface area contributed by atoms with Crippen molar-refractivity contribution in [3.8, 4) is 0 Å². The zero-order valence-corrected chi connectivity index (χ0v) is 16.1. The van der Waals surface area contributed by atoms with E-state index in [-0.39, 0.29) is 24.1 Å². The van der Waals surface area contributed by atoms with Crippen LogP contribution in [0.15, 0.2) is 59.1 Å². The molecule has 0 aromatic heterocycles. The van der Waals surface area contributed by atoms with Gasteiger partial charge in [-0.2, -0.15) is 0 Å². The number of halogens is 1. The maximum absolute atomic E-state index is 12.5. The first-order valence-electron chi connectivity index (χ1n) is 8.52. The first-order valence-corrected chi connectivity index (χ1v) is 9.31. The molecule has 1 amide bonds. The highest BCUT2D eigenvalue weighted by Gasteiger charge is 2.35. The SMILES string of the molecule is CC1COC(c2ccccc2)C(C)N1CC(=O)Nc1ccc(Br)cc1. The Balaban J connectivity index is 1.67. The predicted octanol–water partition coefficient (Wildman–Crippen LogP) is 4.24. The summed E-state index contributed by atoms with van der Waals surface area (Å²) in [6.45, 7) is 5.20. The molecule has 3 rings (SSSR count). The normalized spacial score (nSPS) is 24.0. The van der Waals surface area contributed by atoms with Crippen molar-refractivity contribution in [2.75, 3.05) is 18.5 Å². The van der Waals surface area contributed by atoms with Gasteiger partial charge in [-0.15, -0.1) is 0 Å². The van der Waals surface area contributed by atoms with Crippen LogP contribution in [-0.4, -0.2) is 36.0 Å². The summed E-state index contributed by atoms with van der Waals surface area (Å²) in [5.74, 6) is -0.00488. The van der Waals surface area contributed by atoms with Crippen molar-refractivity contribution in [1.82, 2.24) is 4.90 Å². The Bertz CT molecular complexity index is 705. The third-order valence-corrected chi connectivity index (χ3v) is 5.16. The number of benzene rings is 2. The van der Waals surface area contributed by atoms with E-state index < -0.39 is 0 Å². The number of hydrogen-bond acceptors (Lipinski definition) is 3. The summed E-state index contributed by atoms with van der Waals surface area (Å²) < 4.78 is 7.05. The molecule has 2 aromatic carbocycles. The van der Waals surface area contributed by atoms with Crippen LogP contribution in [-0.2, 0) is 9.53 Å². The number of nitrogens with zero attached hydrogens (tertiary/aromatic N) is 1. The van der Waals surface area contributed by atoms with E-state index in [0.29, 0.717) is 13.2 Å². The van der Waals surface area contributed by atoms with Crippen molar-refractivity contribution in [3.05, 3.63) is 64.6 Å². The number of carbonyl (C=O) groups excluding carboxylic acids is 1. The van der Waals surface area contributed by atoms with E-state index in [0.717, 1.165) is 15.7 Å². The number of nitrogens with one attached hydrogen (secondary N) is 1. The van der Waals surface area contributed by atoms with Crippen LogP contribution in [0.2, 0.25) is 0 Å². The summed E-state index contributed by atoms with van der Waals surface area (Å²) in [6, 6.07) is 18.1. The number of anilines is 1. The molecule has 0 saturated carbocycles. The molecule has 1 saturated heterocycles. The van der Waals surface area contributed by atoms with Gasteiger partial charge < -0.3 is 10.1 Å². The average molecular weight is 403 g/mol. The molecule has 132 valence electrons. The Labute approximate surface area is 157 Å². The van der Waals surface area contributed by atoms with Crippen LogP contribution in [0.1, 0.15) is 25.5 Å². The molecule has 4 nitrogen and oxygen atoms in total. The standard InChI is InChI=1S/C20H23BrN2O2/c1-14-13-25-20(16-6-4-3-5-7-16)15(2)23(14)12-19(24)22-18-10-8-17(21)9-11-18/h3-11,14-15,20H,12-13H2,1-2H3,(H,22,24). The largest absolute Gasteiger partial charge is 0.370 e. The quantitative estimate of drug-likeness (QED) is 0.831. The van der Waals surface area contributed by atoms with E-state index in [1.807, 2.05) is 42.5 Å². The van der Waals surface area contributed by atoms with Gasteiger partial charge in [-0.25, -0.2) is 0 Å². The van der Waals surface area contributed by atoms with E-state index in [1.165, 1.54) is 0 Å². The Morgan fingerprint density at radius 2 is 1.84 bits per heavy atom. The van der Waals surface area contributed by atoms with Crippen molar-refractivity contribution in [1.29, 1.82) is 0 Å². The van der Waals surface area contributed by atoms with Gasteiger partial charge in [-0.1, -0.05) is 46.3 Å².